The summed E-state index contributed by atoms with van der Waals surface area (Å²) in [6.07, 6.45) is 5.49. The summed E-state index contributed by atoms with van der Waals surface area (Å²) in [6.45, 7) is 3.66. The minimum Gasteiger partial charge on any atom is -0.492 e. The molecule has 0 saturated carbocycles. The van der Waals surface area contributed by atoms with Gasteiger partial charge < -0.3 is 19.9 Å². The summed E-state index contributed by atoms with van der Waals surface area (Å²) >= 11 is 0. The molecule has 0 spiro atoms. The van der Waals surface area contributed by atoms with E-state index in [9.17, 15) is 0 Å². The fourth-order valence-electron chi connectivity index (χ4n) is 2.67. The van der Waals surface area contributed by atoms with Gasteiger partial charge in [-0.3, -0.25) is 0 Å². The number of hydrogen-bond donors (Lipinski definition) is 2. The van der Waals surface area contributed by atoms with Gasteiger partial charge in [0.1, 0.15) is 12.4 Å². The zero-order chi connectivity index (χ0) is 14.7. The third kappa shape index (κ3) is 3.28. The van der Waals surface area contributed by atoms with Crippen molar-refractivity contribution < 1.29 is 4.74 Å². The van der Waals surface area contributed by atoms with Crippen LogP contribution in [0.25, 0.3) is 16.5 Å². The van der Waals surface area contributed by atoms with Crippen molar-refractivity contribution in [2.75, 3.05) is 40.3 Å². The first kappa shape index (κ1) is 14.2. The SMILES string of the molecule is CN(C)CCOc1ccc2c(C3=CCNCC3)c[nH]c2c1. The highest BCUT2D eigenvalue weighted by Crippen LogP contribution is 2.30. The molecule has 0 radical (unpaired) electrons. The number of fused-ring (bicyclic) bond motifs is 1. The zero-order valence-corrected chi connectivity index (χ0v) is 12.8. The molecule has 0 bridgehead atoms. The van der Waals surface area contributed by atoms with Crippen LogP contribution in [0.5, 0.6) is 5.75 Å². The fourth-order valence-corrected chi connectivity index (χ4v) is 2.67. The van der Waals surface area contributed by atoms with E-state index in [1.165, 1.54) is 16.5 Å². The number of nitrogens with one attached hydrogen (secondary N) is 2. The van der Waals surface area contributed by atoms with E-state index in [1.54, 1.807) is 0 Å². The lowest BCUT2D eigenvalue weighted by atomic mass is 10.00. The summed E-state index contributed by atoms with van der Waals surface area (Å²) < 4.78 is 5.79. The van der Waals surface area contributed by atoms with E-state index in [0.29, 0.717) is 6.61 Å². The van der Waals surface area contributed by atoms with Crippen LogP contribution in [0.1, 0.15) is 12.0 Å². The lowest BCUT2D eigenvalue weighted by Crippen LogP contribution is -2.19. The van der Waals surface area contributed by atoms with Crippen molar-refractivity contribution in [2.45, 2.75) is 6.42 Å². The Morgan fingerprint density at radius 2 is 2.19 bits per heavy atom. The minimum atomic E-state index is 0.711. The lowest BCUT2D eigenvalue weighted by molar-refractivity contribution is 0.261. The second-order valence-electron chi connectivity index (χ2n) is 5.74. The summed E-state index contributed by atoms with van der Waals surface area (Å²) in [5.41, 5.74) is 3.90. The van der Waals surface area contributed by atoms with E-state index >= 15 is 0 Å². The van der Waals surface area contributed by atoms with E-state index in [0.717, 1.165) is 37.3 Å². The monoisotopic (exact) mass is 285 g/mol. The van der Waals surface area contributed by atoms with Crippen molar-refractivity contribution >= 4 is 16.5 Å². The van der Waals surface area contributed by atoms with Gasteiger partial charge in [-0.1, -0.05) is 6.08 Å². The molecular formula is C17H23N3O. The molecule has 0 unspecified atom stereocenters. The van der Waals surface area contributed by atoms with Crippen molar-refractivity contribution in [1.29, 1.82) is 0 Å². The number of aromatic amines is 1. The predicted octanol–water partition coefficient (Wildman–Crippen LogP) is 2.49. The minimum absolute atomic E-state index is 0.711. The molecule has 2 aromatic rings. The molecule has 0 aliphatic carbocycles. The first-order chi connectivity index (χ1) is 10.2. The second kappa shape index (κ2) is 6.33. The Bertz CT molecular complexity index is 643. The van der Waals surface area contributed by atoms with Crippen molar-refractivity contribution in [3.8, 4) is 5.75 Å². The van der Waals surface area contributed by atoms with Gasteiger partial charge >= 0.3 is 0 Å². The summed E-state index contributed by atoms with van der Waals surface area (Å²) in [5, 5.41) is 4.64. The second-order valence-corrected chi connectivity index (χ2v) is 5.74. The molecule has 4 nitrogen and oxygen atoms in total. The molecule has 2 N–H and O–H groups in total. The number of hydrogen-bond acceptors (Lipinski definition) is 3. The van der Waals surface area contributed by atoms with Gasteiger partial charge in [0.05, 0.1) is 0 Å². The van der Waals surface area contributed by atoms with Gasteiger partial charge in [-0.2, -0.15) is 0 Å². The standard InChI is InChI=1S/C17H23N3O/c1-20(2)9-10-21-14-3-4-15-16(12-19-17(15)11-14)13-5-7-18-8-6-13/h3-5,11-12,18-19H,6-10H2,1-2H3. The Morgan fingerprint density at radius 1 is 1.29 bits per heavy atom. The van der Waals surface area contributed by atoms with Gasteiger partial charge in [-0.15, -0.1) is 0 Å². The van der Waals surface area contributed by atoms with Gasteiger partial charge in [0.25, 0.3) is 0 Å². The van der Waals surface area contributed by atoms with E-state index < -0.39 is 0 Å². The maximum absolute atomic E-state index is 5.79. The van der Waals surface area contributed by atoms with Crippen LogP contribution in [-0.4, -0.2) is 50.2 Å². The third-order valence-electron chi connectivity index (χ3n) is 3.87. The summed E-state index contributed by atoms with van der Waals surface area (Å²) in [7, 11) is 4.10. The normalized spacial score (nSPS) is 15.5. The average molecular weight is 285 g/mol. The van der Waals surface area contributed by atoms with Crippen LogP contribution in [-0.2, 0) is 0 Å². The topological polar surface area (TPSA) is 40.3 Å². The van der Waals surface area contributed by atoms with Crippen LogP contribution in [0.4, 0.5) is 0 Å². The first-order valence-corrected chi connectivity index (χ1v) is 7.53. The van der Waals surface area contributed by atoms with Crippen LogP contribution in [0.3, 0.4) is 0 Å². The fraction of sp³-hybridized carbons (Fsp3) is 0.412. The molecule has 2 heterocycles. The number of aromatic nitrogens is 1. The van der Waals surface area contributed by atoms with Gasteiger partial charge in [0.2, 0.25) is 0 Å². The predicted molar refractivity (Wildman–Crippen MR) is 87.8 cm³/mol. The van der Waals surface area contributed by atoms with Gasteiger partial charge in [-0.25, -0.2) is 0 Å². The zero-order valence-electron chi connectivity index (χ0n) is 12.8. The maximum atomic E-state index is 5.79. The van der Waals surface area contributed by atoms with E-state index in [4.69, 9.17) is 4.74 Å². The van der Waals surface area contributed by atoms with E-state index in [-0.39, 0.29) is 0 Å². The molecule has 0 atom stereocenters. The number of ether oxygens (including phenoxy) is 1. The molecule has 0 fully saturated rings. The summed E-state index contributed by atoms with van der Waals surface area (Å²) in [5.74, 6) is 0.928. The molecule has 4 heteroatoms. The number of likely N-dealkylation sites (N-methyl/N-ethyl adjacent to an activating group) is 1. The maximum Gasteiger partial charge on any atom is 0.121 e. The van der Waals surface area contributed by atoms with Crippen molar-refractivity contribution in [2.24, 2.45) is 0 Å². The molecule has 1 aliphatic heterocycles. The van der Waals surface area contributed by atoms with Crippen LogP contribution in [0, 0.1) is 0 Å². The van der Waals surface area contributed by atoms with Crippen molar-refractivity contribution in [1.82, 2.24) is 15.2 Å². The smallest absolute Gasteiger partial charge is 0.121 e. The molecule has 1 aromatic heterocycles. The molecule has 0 saturated heterocycles. The van der Waals surface area contributed by atoms with E-state index in [1.807, 2.05) is 0 Å². The van der Waals surface area contributed by atoms with Crippen molar-refractivity contribution in [3.05, 3.63) is 36.0 Å². The Kier molecular flexibility index (Phi) is 4.27. The Labute approximate surface area is 125 Å². The molecule has 21 heavy (non-hydrogen) atoms. The highest BCUT2D eigenvalue weighted by molar-refractivity contribution is 5.93. The van der Waals surface area contributed by atoms with Gasteiger partial charge in [-0.05, 0) is 44.8 Å². The van der Waals surface area contributed by atoms with E-state index in [2.05, 4.69) is 59.8 Å². The Morgan fingerprint density at radius 3 is 2.95 bits per heavy atom. The molecule has 112 valence electrons. The average Bonchev–Trinajstić information content (AvgIpc) is 2.91. The highest BCUT2D eigenvalue weighted by Gasteiger charge is 2.11. The van der Waals surface area contributed by atoms with Crippen LogP contribution < -0.4 is 10.1 Å². The number of H-pyrrole nitrogens is 1. The highest BCUT2D eigenvalue weighted by atomic mass is 16.5. The Balaban J connectivity index is 1.79. The summed E-state index contributed by atoms with van der Waals surface area (Å²) in [4.78, 5) is 5.49. The van der Waals surface area contributed by atoms with Gasteiger partial charge in [0, 0.05) is 41.8 Å². The molecule has 1 aliphatic rings. The first-order valence-electron chi connectivity index (χ1n) is 7.53. The van der Waals surface area contributed by atoms with Crippen LogP contribution >= 0.6 is 0 Å². The van der Waals surface area contributed by atoms with Gasteiger partial charge in [0.15, 0.2) is 0 Å². The van der Waals surface area contributed by atoms with Crippen LogP contribution in [0.15, 0.2) is 30.5 Å². The number of rotatable bonds is 5. The third-order valence-corrected chi connectivity index (χ3v) is 3.87. The number of benzene rings is 1. The van der Waals surface area contributed by atoms with Crippen LogP contribution in [0.2, 0.25) is 0 Å². The van der Waals surface area contributed by atoms with Crippen molar-refractivity contribution in [3.63, 3.8) is 0 Å². The summed E-state index contributed by atoms with van der Waals surface area (Å²) in [6, 6.07) is 6.32. The number of nitrogens with zero attached hydrogens (tertiary/aromatic N) is 1. The molecular weight excluding hydrogens is 262 g/mol. The Hall–Kier alpha value is -1.78. The largest absolute Gasteiger partial charge is 0.492 e. The quantitative estimate of drug-likeness (QED) is 0.886. The molecule has 0 amide bonds. The lowest BCUT2D eigenvalue weighted by Gasteiger charge is -2.13. The molecule has 1 aromatic carbocycles. The molecule has 3 rings (SSSR count).